The Kier molecular flexibility index (Phi) is 5.83. The number of hydrogen-bond donors (Lipinski definition) is 0. The zero-order chi connectivity index (χ0) is 21.1. The number of nitro benzene ring substituents is 1. The third kappa shape index (κ3) is 4.37. The summed E-state index contributed by atoms with van der Waals surface area (Å²) in [6, 6.07) is 20.1. The lowest BCUT2D eigenvalue weighted by Gasteiger charge is -2.12. The van der Waals surface area contributed by atoms with E-state index in [4.69, 9.17) is 11.6 Å². The summed E-state index contributed by atoms with van der Waals surface area (Å²) in [5.41, 5.74) is 3.14. The van der Waals surface area contributed by atoms with Gasteiger partial charge in [-0.25, -0.2) is 9.37 Å². The number of halogens is 2. The fourth-order valence-electron chi connectivity index (χ4n) is 3.01. The number of hydrogen-bond acceptors (Lipinski definition) is 4. The van der Waals surface area contributed by atoms with Gasteiger partial charge in [-0.2, -0.15) is 0 Å². The van der Waals surface area contributed by atoms with E-state index in [0.29, 0.717) is 27.2 Å². The summed E-state index contributed by atoms with van der Waals surface area (Å²) in [5.74, 6) is 0.309. The maximum atomic E-state index is 13.2. The minimum absolute atomic E-state index is 0.00635. The molecule has 0 bridgehead atoms. The number of nitrogens with zero attached hydrogens (tertiary/aromatic N) is 3. The standard InChI is InChI=1S/C22H15ClFN3O2S/c23-17-4-2-5-19(12-17)26-21(16-3-1-6-20(11-16)27(28)29)13-25-22(26)30-14-15-7-9-18(24)10-8-15/h1-13H,14H2. The third-order valence-corrected chi connectivity index (χ3v) is 5.69. The van der Waals surface area contributed by atoms with E-state index in [0.717, 1.165) is 11.3 Å². The van der Waals surface area contributed by atoms with Gasteiger partial charge >= 0.3 is 0 Å². The zero-order valence-electron chi connectivity index (χ0n) is 15.5. The molecule has 0 unspecified atom stereocenters. The van der Waals surface area contributed by atoms with Crippen LogP contribution in [0.15, 0.2) is 84.1 Å². The summed E-state index contributed by atoms with van der Waals surface area (Å²) >= 11 is 7.69. The summed E-state index contributed by atoms with van der Waals surface area (Å²) in [5, 5.41) is 12.5. The second kappa shape index (κ2) is 8.69. The molecule has 0 fully saturated rings. The Bertz CT molecular complexity index is 1210. The molecule has 0 atom stereocenters. The highest BCUT2D eigenvalue weighted by atomic mass is 35.5. The lowest BCUT2D eigenvalue weighted by atomic mass is 10.1. The van der Waals surface area contributed by atoms with Crippen molar-refractivity contribution in [3.8, 4) is 16.9 Å². The van der Waals surface area contributed by atoms with Crippen molar-refractivity contribution < 1.29 is 9.31 Å². The van der Waals surface area contributed by atoms with Gasteiger partial charge in [0.15, 0.2) is 5.16 Å². The fourth-order valence-corrected chi connectivity index (χ4v) is 4.15. The average molecular weight is 440 g/mol. The van der Waals surface area contributed by atoms with Gasteiger partial charge in [0.1, 0.15) is 5.82 Å². The van der Waals surface area contributed by atoms with E-state index in [-0.39, 0.29) is 11.5 Å². The highest BCUT2D eigenvalue weighted by molar-refractivity contribution is 7.98. The Hall–Kier alpha value is -3.16. The van der Waals surface area contributed by atoms with Crippen molar-refractivity contribution in [3.05, 3.63) is 106 Å². The predicted molar refractivity (Wildman–Crippen MR) is 117 cm³/mol. The number of non-ortho nitro benzene ring substituents is 1. The highest BCUT2D eigenvalue weighted by Crippen LogP contribution is 2.33. The van der Waals surface area contributed by atoms with Crippen LogP contribution in [0.3, 0.4) is 0 Å². The molecular weight excluding hydrogens is 425 g/mol. The van der Waals surface area contributed by atoms with Gasteiger partial charge in [0, 0.05) is 34.2 Å². The quantitative estimate of drug-likeness (QED) is 0.194. The Balaban J connectivity index is 1.76. The molecule has 0 aliphatic carbocycles. The molecule has 0 spiro atoms. The maximum absolute atomic E-state index is 13.2. The topological polar surface area (TPSA) is 61.0 Å². The summed E-state index contributed by atoms with van der Waals surface area (Å²) in [4.78, 5) is 15.3. The lowest BCUT2D eigenvalue weighted by molar-refractivity contribution is -0.384. The van der Waals surface area contributed by atoms with E-state index in [1.54, 1.807) is 36.5 Å². The first-order valence-electron chi connectivity index (χ1n) is 8.97. The van der Waals surface area contributed by atoms with Gasteiger partial charge in [-0.1, -0.05) is 53.7 Å². The van der Waals surface area contributed by atoms with Crippen LogP contribution in [0.25, 0.3) is 16.9 Å². The number of benzene rings is 3. The molecule has 0 aliphatic rings. The largest absolute Gasteiger partial charge is 0.287 e. The molecule has 5 nitrogen and oxygen atoms in total. The van der Waals surface area contributed by atoms with Crippen molar-refractivity contribution in [2.75, 3.05) is 0 Å². The summed E-state index contributed by atoms with van der Waals surface area (Å²) in [7, 11) is 0. The van der Waals surface area contributed by atoms with E-state index in [1.807, 2.05) is 22.8 Å². The van der Waals surface area contributed by atoms with Crippen LogP contribution in [0.4, 0.5) is 10.1 Å². The number of aromatic nitrogens is 2. The van der Waals surface area contributed by atoms with Crippen LogP contribution >= 0.6 is 23.4 Å². The monoisotopic (exact) mass is 439 g/mol. The predicted octanol–water partition coefficient (Wildman–Crippen LogP) is 6.53. The molecular formula is C22H15ClFN3O2S. The summed E-state index contributed by atoms with van der Waals surface area (Å²) in [6.45, 7) is 0. The van der Waals surface area contributed by atoms with Crippen molar-refractivity contribution >= 4 is 29.1 Å². The number of nitro groups is 1. The van der Waals surface area contributed by atoms with Gasteiger partial charge in [-0.15, -0.1) is 0 Å². The van der Waals surface area contributed by atoms with E-state index in [2.05, 4.69) is 4.98 Å². The molecule has 3 aromatic carbocycles. The van der Waals surface area contributed by atoms with Crippen LogP contribution in [0.2, 0.25) is 5.02 Å². The smallest absolute Gasteiger partial charge is 0.270 e. The van der Waals surface area contributed by atoms with Gasteiger partial charge in [-0.05, 0) is 35.9 Å². The number of imidazole rings is 1. The van der Waals surface area contributed by atoms with Gasteiger partial charge in [-0.3, -0.25) is 14.7 Å². The molecule has 0 N–H and O–H groups in total. The number of thioether (sulfide) groups is 1. The van der Waals surface area contributed by atoms with Crippen LogP contribution < -0.4 is 0 Å². The molecule has 0 radical (unpaired) electrons. The van der Waals surface area contributed by atoms with Gasteiger partial charge in [0.2, 0.25) is 0 Å². The molecule has 0 saturated heterocycles. The Morgan fingerprint density at radius 1 is 1.07 bits per heavy atom. The minimum atomic E-state index is -0.423. The molecule has 1 heterocycles. The van der Waals surface area contributed by atoms with Crippen molar-refractivity contribution in [1.82, 2.24) is 9.55 Å². The van der Waals surface area contributed by atoms with Crippen molar-refractivity contribution in [1.29, 1.82) is 0 Å². The normalized spacial score (nSPS) is 10.9. The van der Waals surface area contributed by atoms with E-state index in [9.17, 15) is 14.5 Å². The first kappa shape index (κ1) is 20.1. The molecule has 1 aromatic heterocycles. The van der Waals surface area contributed by atoms with Gasteiger partial charge < -0.3 is 0 Å². The second-order valence-electron chi connectivity index (χ2n) is 6.46. The highest BCUT2D eigenvalue weighted by Gasteiger charge is 2.17. The number of rotatable bonds is 6. The molecule has 30 heavy (non-hydrogen) atoms. The zero-order valence-corrected chi connectivity index (χ0v) is 17.1. The second-order valence-corrected chi connectivity index (χ2v) is 7.84. The summed E-state index contributed by atoms with van der Waals surface area (Å²) < 4.78 is 15.1. The summed E-state index contributed by atoms with van der Waals surface area (Å²) in [6.07, 6.45) is 1.69. The molecule has 8 heteroatoms. The van der Waals surface area contributed by atoms with Crippen molar-refractivity contribution in [2.45, 2.75) is 10.9 Å². The lowest BCUT2D eigenvalue weighted by Crippen LogP contribution is -2.00. The van der Waals surface area contributed by atoms with Crippen LogP contribution in [0, 0.1) is 15.9 Å². The molecule has 4 rings (SSSR count). The average Bonchev–Trinajstić information content (AvgIpc) is 3.17. The maximum Gasteiger partial charge on any atom is 0.270 e. The third-order valence-electron chi connectivity index (χ3n) is 4.43. The van der Waals surface area contributed by atoms with Crippen molar-refractivity contribution in [2.24, 2.45) is 0 Å². The SMILES string of the molecule is O=[N+]([O-])c1cccc(-c2cnc(SCc3ccc(F)cc3)n2-c2cccc(Cl)c2)c1. The fraction of sp³-hybridized carbons (Fsp3) is 0.0455. The molecule has 0 amide bonds. The Morgan fingerprint density at radius 2 is 1.83 bits per heavy atom. The molecule has 150 valence electrons. The van der Waals surface area contributed by atoms with E-state index in [1.165, 1.54) is 36.0 Å². The van der Waals surface area contributed by atoms with Crippen LogP contribution in [0.1, 0.15) is 5.56 Å². The van der Waals surface area contributed by atoms with Gasteiger partial charge in [0.05, 0.1) is 16.8 Å². The van der Waals surface area contributed by atoms with Crippen LogP contribution in [-0.4, -0.2) is 14.5 Å². The molecule has 4 aromatic rings. The van der Waals surface area contributed by atoms with Crippen molar-refractivity contribution in [3.63, 3.8) is 0 Å². The molecule has 0 aliphatic heterocycles. The Morgan fingerprint density at radius 3 is 2.57 bits per heavy atom. The van der Waals surface area contributed by atoms with Crippen LogP contribution in [0.5, 0.6) is 0 Å². The molecule has 0 saturated carbocycles. The first-order chi connectivity index (χ1) is 14.5. The first-order valence-corrected chi connectivity index (χ1v) is 10.3. The van der Waals surface area contributed by atoms with E-state index < -0.39 is 4.92 Å². The minimum Gasteiger partial charge on any atom is -0.287 e. The van der Waals surface area contributed by atoms with E-state index >= 15 is 0 Å². The van der Waals surface area contributed by atoms with Crippen LogP contribution in [-0.2, 0) is 5.75 Å². The Labute approximate surface area is 181 Å². The van der Waals surface area contributed by atoms with Gasteiger partial charge in [0.25, 0.3) is 5.69 Å².